The van der Waals surface area contributed by atoms with Gasteiger partial charge < -0.3 is 5.73 Å². The largest absolute Gasteiger partial charge is 0.393 e. The average Bonchev–Trinajstić information content (AvgIpc) is 2.48. The minimum atomic E-state index is -3.82. The number of nitrogen functional groups attached to an aromatic ring is 1. The van der Waals surface area contributed by atoms with Crippen molar-refractivity contribution in [1.82, 2.24) is 0 Å². The quantitative estimate of drug-likeness (QED) is 0.495. The van der Waals surface area contributed by atoms with E-state index < -0.39 is 14.9 Å². The molecule has 3 N–H and O–H groups in total. The lowest BCUT2D eigenvalue weighted by Crippen LogP contribution is -2.13. The number of benzene rings is 2. The molecule has 0 aliphatic heterocycles. The molecule has 0 atom stereocenters. The van der Waals surface area contributed by atoms with Crippen LogP contribution < -0.4 is 10.5 Å². The molecule has 0 amide bonds. The van der Waals surface area contributed by atoms with Gasteiger partial charge in [-0.25, -0.2) is 8.42 Å². The fourth-order valence-corrected chi connectivity index (χ4v) is 3.06. The number of hydrogen-bond donors (Lipinski definition) is 2. The fraction of sp³-hybridized carbons (Fsp3) is 0.200. The van der Waals surface area contributed by atoms with Crippen LogP contribution in [0.25, 0.3) is 0 Å². The molecule has 23 heavy (non-hydrogen) atoms. The summed E-state index contributed by atoms with van der Waals surface area (Å²) >= 11 is 0. The lowest BCUT2D eigenvalue weighted by Gasteiger charge is -2.10. The highest BCUT2D eigenvalue weighted by Gasteiger charge is 2.18. The van der Waals surface area contributed by atoms with Crippen molar-refractivity contribution in [3.05, 3.63) is 58.1 Å². The van der Waals surface area contributed by atoms with Crippen molar-refractivity contribution >= 4 is 27.1 Å². The van der Waals surface area contributed by atoms with Crippen molar-refractivity contribution in [3.63, 3.8) is 0 Å². The molecule has 0 saturated heterocycles. The SMILES string of the molecule is CC(C)c1ccc(S(=O)(=O)Nc2ccc(N)c([N+](=O)[O-])c2)cc1. The van der Waals surface area contributed by atoms with Gasteiger partial charge in [0.15, 0.2) is 0 Å². The van der Waals surface area contributed by atoms with Gasteiger partial charge in [-0.15, -0.1) is 0 Å². The normalized spacial score (nSPS) is 11.4. The lowest BCUT2D eigenvalue weighted by atomic mass is 10.0. The molecule has 8 heteroatoms. The number of hydrogen-bond acceptors (Lipinski definition) is 5. The molecule has 0 aromatic heterocycles. The van der Waals surface area contributed by atoms with E-state index in [0.717, 1.165) is 11.6 Å². The highest BCUT2D eigenvalue weighted by molar-refractivity contribution is 7.92. The Labute approximate surface area is 134 Å². The summed E-state index contributed by atoms with van der Waals surface area (Å²) in [6.07, 6.45) is 0. The van der Waals surface area contributed by atoms with Crippen LogP contribution in [0.2, 0.25) is 0 Å². The van der Waals surface area contributed by atoms with Gasteiger partial charge >= 0.3 is 0 Å². The molecular weight excluding hydrogens is 318 g/mol. The van der Waals surface area contributed by atoms with E-state index in [1.807, 2.05) is 13.8 Å². The third-order valence-corrected chi connectivity index (χ3v) is 4.73. The minimum Gasteiger partial charge on any atom is -0.393 e. The van der Waals surface area contributed by atoms with Crippen LogP contribution >= 0.6 is 0 Å². The van der Waals surface area contributed by atoms with Crippen LogP contribution in [0.3, 0.4) is 0 Å². The van der Waals surface area contributed by atoms with E-state index >= 15 is 0 Å². The molecule has 0 unspecified atom stereocenters. The zero-order chi connectivity index (χ0) is 17.2. The number of nitrogens with zero attached hydrogens (tertiary/aromatic N) is 1. The zero-order valence-corrected chi connectivity index (χ0v) is 13.5. The first-order valence-electron chi connectivity index (χ1n) is 6.87. The summed E-state index contributed by atoms with van der Waals surface area (Å²) in [7, 11) is -3.82. The summed E-state index contributed by atoms with van der Waals surface area (Å²) in [5, 5.41) is 10.9. The monoisotopic (exact) mass is 335 g/mol. The molecular formula is C15H17N3O4S. The lowest BCUT2D eigenvalue weighted by molar-refractivity contribution is -0.383. The van der Waals surface area contributed by atoms with Crippen molar-refractivity contribution in [3.8, 4) is 0 Å². The number of sulfonamides is 1. The first kappa shape index (κ1) is 16.8. The van der Waals surface area contributed by atoms with Crippen LogP contribution in [0.15, 0.2) is 47.4 Å². The van der Waals surface area contributed by atoms with Crippen molar-refractivity contribution in [2.45, 2.75) is 24.7 Å². The number of nitrogens with two attached hydrogens (primary N) is 1. The Morgan fingerprint density at radius 3 is 2.26 bits per heavy atom. The first-order chi connectivity index (χ1) is 10.7. The van der Waals surface area contributed by atoms with Crippen molar-refractivity contribution in [1.29, 1.82) is 0 Å². The molecule has 2 aromatic carbocycles. The molecule has 2 rings (SSSR count). The van der Waals surface area contributed by atoms with E-state index in [1.165, 1.54) is 24.3 Å². The molecule has 2 aromatic rings. The van der Waals surface area contributed by atoms with Crippen LogP contribution in [0.4, 0.5) is 17.1 Å². The van der Waals surface area contributed by atoms with E-state index in [0.29, 0.717) is 5.92 Å². The smallest absolute Gasteiger partial charge is 0.294 e. The van der Waals surface area contributed by atoms with Gasteiger partial charge in [0, 0.05) is 6.07 Å². The number of nitrogens with one attached hydrogen (secondary N) is 1. The molecule has 122 valence electrons. The van der Waals surface area contributed by atoms with Gasteiger partial charge in [0.25, 0.3) is 15.7 Å². The standard InChI is InChI=1S/C15H17N3O4S/c1-10(2)11-3-6-13(7-4-11)23(21,22)17-12-5-8-14(16)15(9-12)18(19)20/h3-10,17H,16H2,1-2H3. The second-order valence-electron chi connectivity index (χ2n) is 5.36. The maximum absolute atomic E-state index is 12.3. The Morgan fingerprint density at radius 2 is 1.74 bits per heavy atom. The molecule has 0 fully saturated rings. The minimum absolute atomic E-state index is 0.0285. The van der Waals surface area contributed by atoms with Crippen molar-refractivity contribution in [2.24, 2.45) is 0 Å². The predicted octanol–water partition coefficient (Wildman–Crippen LogP) is 3.10. The van der Waals surface area contributed by atoms with Crippen LogP contribution in [0, 0.1) is 10.1 Å². The fourth-order valence-electron chi connectivity index (χ4n) is 2.01. The number of nitro groups is 1. The van der Waals surface area contributed by atoms with Gasteiger partial charge in [0.05, 0.1) is 15.5 Å². The van der Waals surface area contributed by atoms with Crippen LogP contribution in [-0.2, 0) is 10.0 Å². The van der Waals surface area contributed by atoms with Gasteiger partial charge in [-0.3, -0.25) is 14.8 Å². The third-order valence-electron chi connectivity index (χ3n) is 3.34. The highest BCUT2D eigenvalue weighted by atomic mass is 32.2. The molecule has 0 saturated carbocycles. The number of rotatable bonds is 5. The van der Waals surface area contributed by atoms with E-state index in [9.17, 15) is 18.5 Å². The predicted molar refractivity (Wildman–Crippen MR) is 88.8 cm³/mol. The maximum Gasteiger partial charge on any atom is 0.294 e. The molecule has 7 nitrogen and oxygen atoms in total. The Morgan fingerprint density at radius 1 is 1.13 bits per heavy atom. The van der Waals surface area contributed by atoms with Crippen LogP contribution in [-0.4, -0.2) is 13.3 Å². The van der Waals surface area contributed by atoms with E-state index in [1.54, 1.807) is 12.1 Å². The molecule has 0 radical (unpaired) electrons. The average molecular weight is 335 g/mol. The number of anilines is 2. The van der Waals surface area contributed by atoms with Gasteiger partial charge in [-0.1, -0.05) is 26.0 Å². The second-order valence-corrected chi connectivity index (χ2v) is 7.04. The Kier molecular flexibility index (Phi) is 4.55. The summed E-state index contributed by atoms with van der Waals surface area (Å²) in [5.74, 6) is 0.291. The topological polar surface area (TPSA) is 115 Å². The maximum atomic E-state index is 12.3. The van der Waals surface area contributed by atoms with E-state index in [2.05, 4.69) is 4.72 Å². The summed E-state index contributed by atoms with van der Waals surface area (Å²) in [6.45, 7) is 4.02. The summed E-state index contributed by atoms with van der Waals surface area (Å²) in [4.78, 5) is 10.3. The molecule has 0 bridgehead atoms. The molecule has 0 aliphatic carbocycles. The summed E-state index contributed by atoms with van der Waals surface area (Å²) in [5.41, 5.74) is 6.22. The molecule has 0 aliphatic rings. The Bertz CT molecular complexity index is 830. The summed E-state index contributed by atoms with van der Waals surface area (Å²) in [6, 6.07) is 10.2. The van der Waals surface area contributed by atoms with Gasteiger partial charge in [-0.05, 0) is 35.7 Å². The summed E-state index contributed by atoms with van der Waals surface area (Å²) < 4.78 is 27.0. The second kappa shape index (κ2) is 6.25. The van der Waals surface area contributed by atoms with Gasteiger partial charge in [-0.2, -0.15) is 0 Å². The van der Waals surface area contributed by atoms with Crippen molar-refractivity contribution in [2.75, 3.05) is 10.5 Å². The third kappa shape index (κ3) is 3.78. The molecule has 0 heterocycles. The van der Waals surface area contributed by atoms with E-state index in [4.69, 9.17) is 5.73 Å². The van der Waals surface area contributed by atoms with Crippen LogP contribution in [0.5, 0.6) is 0 Å². The highest BCUT2D eigenvalue weighted by Crippen LogP contribution is 2.27. The Hall–Kier alpha value is -2.61. The van der Waals surface area contributed by atoms with E-state index in [-0.39, 0.29) is 22.0 Å². The van der Waals surface area contributed by atoms with Gasteiger partial charge in [0.2, 0.25) is 0 Å². The van der Waals surface area contributed by atoms with Crippen molar-refractivity contribution < 1.29 is 13.3 Å². The molecule has 0 spiro atoms. The van der Waals surface area contributed by atoms with Crippen LogP contribution in [0.1, 0.15) is 25.3 Å². The first-order valence-corrected chi connectivity index (χ1v) is 8.35. The Balaban J connectivity index is 2.31. The number of nitro benzene ring substituents is 1. The van der Waals surface area contributed by atoms with Gasteiger partial charge in [0.1, 0.15) is 5.69 Å². The zero-order valence-electron chi connectivity index (χ0n) is 12.7.